The van der Waals surface area contributed by atoms with Crippen molar-refractivity contribution in [2.45, 2.75) is 32.9 Å². The Labute approximate surface area is 95.8 Å². The number of esters is 1. The fourth-order valence-corrected chi connectivity index (χ4v) is 1.34. The second-order valence-corrected chi connectivity index (χ2v) is 4.20. The molecule has 0 aromatic carbocycles. The average Bonchev–Trinajstić information content (AvgIpc) is 2.26. The Morgan fingerprint density at radius 2 is 2.06 bits per heavy atom. The third-order valence-corrected chi connectivity index (χ3v) is 2.16. The molecule has 0 radical (unpaired) electrons. The normalized spacial score (nSPS) is 12.5. The molecule has 88 valence electrons. The number of carbonyl (C=O) groups is 1. The number of aromatic nitrogens is 1. The van der Waals surface area contributed by atoms with Gasteiger partial charge < -0.3 is 10.5 Å². The van der Waals surface area contributed by atoms with Gasteiger partial charge in [0.05, 0.1) is 0 Å². The number of nitrogens with zero attached hydrogens (tertiary/aromatic N) is 1. The van der Waals surface area contributed by atoms with Crippen LogP contribution >= 0.6 is 0 Å². The molecule has 1 aromatic rings. The molecule has 2 N–H and O–H groups in total. The summed E-state index contributed by atoms with van der Waals surface area (Å²) in [4.78, 5) is 15.4. The first kappa shape index (κ1) is 12.6. The van der Waals surface area contributed by atoms with E-state index >= 15 is 0 Å². The summed E-state index contributed by atoms with van der Waals surface area (Å²) in [6.45, 7) is 4.30. The molecule has 1 heterocycles. The van der Waals surface area contributed by atoms with Gasteiger partial charge in [-0.15, -0.1) is 0 Å². The number of rotatable bonds is 5. The molecule has 1 rings (SSSR count). The van der Waals surface area contributed by atoms with Gasteiger partial charge in [0.25, 0.3) is 0 Å². The fraction of sp³-hybridized carbons (Fsp3) is 0.500. The Morgan fingerprint density at radius 3 is 2.62 bits per heavy atom. The Bertz CT molecular complexity index is 325. The first-order valence-electron chi connectivity index (χ1n) is 5.40. The minimum atomic E-state index is -0.526. The van der Waals surface area contributed by atoms with Gasteiger partial charge in [-0.05, 0) is 30.0 Å². The van der Waals surface area contributed by atoms with Gasteiger partial charge in [-0.2, -0.15) is 0 Å². The summed E-state index contributed by atoms with van der Waals surface area (Å²) in [5, 5.41) is 0. The third-order valence-electron chi connectivity index (χ3n) is 2.16. The third kappa shape index (κ3) is 4.40. The summed E-state index contributed by atoms with van der Waals surface area (Å²) in [7, 11) is 0. The van der Waals surface area contributed by atoms with Crippen LogP contribution in [0.2, 0.25) is 0 Å². The predicted octanol–water partition coefficient (Wildman–Crippen LogP) is 1.50. The zero-order chi connectivity index (χ0) is 12.0. The highest BCUT2D eigenvalue weighted by Gasteiger charge is 2.16. The highest BCUT2D eigenvalue weighted by atomic mass is 16.5. The van der Waals surface area contributed by atoms with E-state index in [-0.39, 0.29) is 12.6 Å². The lowest BCUT2D eigenvalue weighted by molar-refractivity contribution is -0.146. The fourth-order valence-electron chi connectivity index (χ4n) is 1.34. The summed E-state index contributed by atoms with van der Waals surface area (Å²) >= 11 is 0. The molecule has 0 aliphatic carbocycles. The summed E-state index contributed by atoms with van der Waals surface area (Å²) in [6.07, 6.45) is 3.98. The molecule has 0 aliphatic heterocycles. The van der Waals surface area contributed by atoms with E-state index in [1.165, 1.54) is 0 Å². The molecule has 1 atom stereocenters. The van der Waals surface area contributed by atoms with Crippen molar-refractivity contribution < 1.29 is 9.53 Å². The van der Waals surface area contributed by atoms with E-state index in [4.69, 9.17) is 10.5 Å². The van der Waals surface area contributed by atoms with Crippen molar-refractivity contribution in [3.8, 4) is 0 Å². The van der Waals surface area contributed by atoms with Gasteiger partial charge in [-0.1, -0.05) is 13.8 Å². The predicted molar refractivity (Wildman–Crippen MR) is 61.5 cm³/mol. The van der Waals surface area contributed by atoms with Crippen LogP contribution in [0.15, 0.2) is 24.5 Å². The average molecular weight is 222 g/mol. The Balaban J connectivity index is 2.35. The monoisotopic (exact) mass is 222 g/mol. The molecule has 0 saturated carbocycles. The molecule has 0 spiro atoms. The minimum absolute atomic E-state index is 0.257. The first-order valence-corrected chi connectivity index (χ1v) is 5.40. The summed E-state index contributed by atoms with van der Waals surface area (Å²) in [6, 6.07) is 3.09. The van der Waals surface area contributed by atoms with E-state index in [9.17, 15) is 4.79 Å². The number of pyridine rings is 1. The van der Waals surface area contributed by atoms with Gasteiger partial charge in [0.1, 0.15) is 12.6 Å². The number of nitrogens with two attached hydrogens (primary N) is 1. The highest BCUT2D eigenvalue weighted by molar-refractivity contribution is 5.75. The maximum Gasteiger partial charge on any atom is 0.323 e. The standard InChI is InChI=1S/C12H18N2O2/c1-9(2)7-11(13)12(15)16-8-10-3-5-14-6-4-10/h3-6,9,11H,7-8,13H2,1-2H3/t11-/m0/s1. The van der Waals surface area contributed by atoms with E-state index in [1.54, 1.807) is 24.5 Å². The molecule has 0 saturated heterocycles. The van der Waals surface area contributed by atoms with Crippen molar-refractivity contribution in [1.29, 1.82) is 0 Å². The SMILES string of the molecule is CC(C)C[C@H](N)C(=O)OCc1ccncc1. The van der Waals surface area contributed by atoms with Crippen molar-refractivity contribution in [3.05, 3.63) is 30.1 Å². The molecule has 0 amide bonds. The minimum Gasteiger partial charge on any atom is -0.460 e. The molecule has 0 unspecified atom stereocenters. The van der Waals surface area contributed by atoms with Crippen LogP contribution in [0.4, 0.5) is 0 Å². The van der Waals surface area contributed by atoms with E-state index in [0.717, 1.165) is 5.56 Å². The lowest BCUT2D eigenvalue weighted by atomic mass is 10.1. The molecular formula is C12H18N2O2. The number of hydrogen-bond acceptors (Lipinski definition) is 4. The maximum absolute atomic E-state index is 11.5. The van der Waals surface area contributed by atoms with Crippen LogP contribution in [0.5, 0.6) is 0 Å². The lowest BCUT2D eigenvalue weighted by Gasteiger charge is -2.13. The van der Waals surface area contributed by atoms with Gasteiger partial charge in [0.2, 0.25) is 0 Å². The van der Waals surface area contributed by atoms with Crippen LogP contribution in [-0.2, 0) is 16.1 Å². The quantitative estimate of drug-likeness (QED) is 0.767. The zero-order valence-electron chi connectivity index (χ0n) is 9.72. The highest BCUT2D eigenvalue weighted by Crippen LogP contribution is 2.06. The van der Waals surface area contributed by atoms with E-state index in [0.29, 0.717) is 12.3 Å². The largest absolute Gasteiger partial charge is 0.460 e. The Hall–Kier alpha value is -1.42. The second kappa shape index (κ2) is 6.23. The Kier molecular flexibility index (Phi) is 4.92. The van der Waals surface area contributed by atoms with Crippen LogP contribution in [0.25, 0.3) is 0 Å². The molecule has 4 nitrogen and oxygen atoms in total. The summed E-state index contributed by atoms with van der Waals surface area (Å²) in [5.41, 5.74) is 6.61. The van der Waals surface area contributed by atoms with Crippen molar-refractivity contribution in [3.63, 3.8) is 0 Å². The van der Waals surface area contributed by atoms with Crippen LogP contribution in [-0.4, -0.2) is 17.0 Å². The van der Waals surface area contributed by atoms with Gasteiger partial charge in [0.15, 0.2) is 0 Å². The zero-order valence-corrected chi connectivity index (χ0v) is 9.72. The number of hydrogen-bond donors (Lipinski definition) is 1. The van der Waals surface area contributed by atoms with Crippen molar-refractivity contribution in [2.75, 3.05) is 0 Å². The van der Waals surface area contributed by atoms with Crippen molar-refractivity contribution in [1.82, 2.24) is 4.98 Å². The van der Waals surface area contributed by atoms with E-state index < -0.39 is 6.04 Å². The van der Waals surface area contributed by atoms with Crippen molar-refractivity contribution >= 4 is 5.97 Å². The second-order valence-electron chi connectivity index (χ2n) is 4.20. The molecular weight excluding hydrogens is 204 g/mol. The van der Waals surface area contributed by atoms with Crippen LogP contribution in [0.1, 0.15) is 25.8 Å². The maximum atomic E-state index is 11.5. The van der Waals surface area contributed by atoms with Gasteiger partial charge in [-0.3, -0.25) is 9.78 Å². The Morgan fingerprint density at radius 1 is 1.44 bits per heavy atom. The molecule has 1 aromatic heterocycles. The van der Waals surface area contributed by atoms with Gasteiger partial charge in [-0.25, -0.2) is 0 Å². The molecule has 0 fully saturated rings. The van der Waals surface area contributed by atoms with E-state index in [1.807, 2.05) is 13.8 Å². The van der Waals surface area contributed by atoms with Gasteiger partial charge >= 0.3 is 5.97 Å². The summed E-state index contributed by atoms with van der Waals surface area (Å²) < 4.78 is 5.10. The first-order chi connectivity index (χ1) is 7.59. The van der Waals surface area contributed by atoms with Gasteiger partial charge in [0, 0.05) is 12.4 Å². The molecule has 0 aliphatic rings. The van der Waals surface area contributed by atoms with E-state index in [2.05, 4.69) is 4.98 Å². The smallest absolute Gasteiger partial charge is 0.323 e. The molecule has 4 heteroatoms. The van der Waals surface area contributed by atoms with Crippen LogP contribution in [0.3, 0.4) is 0 Å². The number of ether oxygens (including phenoxy) is 1. The topological polar surface area (TPSA) is 65.2 Å². The van der Waals surface area contributed by atoms with Crippen molar-refractivity contribution in [2.24, 2.45) is 11.7 Å². The van der Waals surface area contributed by atoms with Crippen LogP contribution < -0.4 is 5.73 Å². The lowest BCUT2D eigenvalue weighted by Crippen LogP contribution is -2.33. The summed E-state index contributed by atoms with van der Waals surface area (Å²) in [5.74, 6) is 0.0500. The number of carbonyl (C=O) groups excluding carboxylic acids is 1. The van der Waals surface area contributed by atoms with Crippen LogP contribution in [0, 0.1) is 5.92 Å². The molecule has 0 bridgehead atoms. The molecule has 16 heavy (non-hydrogen) atoms.